The Morgan fingerprint density at radius 1 is 1.09 bits per heavy atom. The van der Waals surface area contributed by atoms with E-state index in [-0.39, 0.29) is 28.4 Å². The third-order valence-corrected chi connectivity index (χ3v) is 5.30. The topological polar surface area (TPSA) is 118 Å². The summed E-state index contributed by atoms with van der Waals surface area (Å²) in [6.45, 7) is -4.40. The number of aryl methyl sites for hydroxylation is 1. The Labute approximate surface area is 137 Å². The molecule has 8 heteroatoms. The van der Waals surface area contributed by atoms with Gasteiger partial charge in [0.2, 0.25) is 0 Å². The molecular weight excluding hydrogens is 339 g/mol. The first-order chi connectivity index (χ1) is 10.8. The van der Waals surface area contributed by atoms with Crippen molar-refractivity contribution in [3.05, 3.63) is 53.6 Å². The van der Waals surface area contributed by atoms with Crippen molar-refractivity contribution in [3.8, 4) is 11.5 Å². The molecule has 1 atom stereocenters. The van der Waals surface area contributed by atoms with Crippen molar-refractivity contribution >= 4 is 18.2 Å². The minimum atomic E-state index is -4.40. The van der Waals surface area contributed by atoms with Gasteiger partial charge in [-0.1, -0.05) is 18.2 Å². The summed E-state index contributed by atoms with van der Waals surface area (Å²) in [5.74, 6) is -0.0934. The first-order valence-electron chi connectivity index (χ1n) is 6.79. The van der Waals surface area contributed by atoms with Crippen LogP contribution < -0.4 is 0 Å². The van der Waals surface area contributed by atoms with Gasteiger partial charge in [-0.15, -0.1) is 0 Å². The van der Waals surface area contributed by atoms with Crippen molar-refractivity contribution in [3.63, 3.8) is 0 Å². The van der Waals surface area contributed by atoms with Crippen molar-refractivity contribution in [1.29, 1.82) is 0 Å². The molecule has 2 rings (SSSR count). The number of hydrogen-bond donors (Lipinski definition) is 5. The highest BCUT2D eigenvalue weighted by atomic mass is 32.7. The SMILES string of the molecule is O=P(O)(O)Sc1cccc(O)c1C(O)CCc1cccc(O)c1. The second-order valence-corrected chi connectivity index (χ2v) is 8.57. The highest BCUT2D eigenvalue weighted by Gasteiger charge is 2.23. The molecule has 0 aliphatic rings. The lowest BCUT2D eigenvalue weighted by atomic mass is 10.0. The van der Waals surface area contributed by atoms with Crippen molar-refractivity contribution in [2.75, 3.05) is 0 Å². The van der Waals surface area contributed by atoms with Crippen molar-refractivity contribution in [1.82, 2.24) is 0 Å². The number of benzene rings is 2. The normalized spacial score (nSPS) is 13.0. The van der Waals surface area contributed by atoms with Crippen LogP contribution in [0.3, 0.4) is 0 Å². The largest absolute Gasteiger partial charge is 0.508 e. The Morgan fingerprint density at radius 2 is 1.78 bits per heavy atom. The first kappa shape index (κ1) is 17.8. The molecule has 6 nitrogen and oxygen atoms in total. The van der Waals surface area contributed by atoms with Crippen LogP contribution in [0.5, 0.6) is 11.5 Å². The lowest BCUT2D eigenvalue weighted by molar-refractivity contribution is 0.161. The zero-order valence-corrected chi connectivity index (χ0v) is 13.7. The van der Waals surface area contributed by atoms with Gasteiger partial charge in [0.15, 0.2) is 0 Å². The van der Waals surface area contributed by atoms with Crippen molar-refractivity contribution < 1.29 is 29.7 Å². The maximum Gasteiger partial charge on any atom is 0.388 e. The third-order valence-electron chi connectivity index (χ3n) is 3.21. The fourth-order valence-electron chi connectivity index (χ4n) is 2.23. The average molecular weight is 356 g/mol. The number of aromatic hydroxyl groups is 2. The highest BCUT2D eigenvalue weighted by molar-refractivity contribution is 8.54. The minimum absolute atomic E-state index is 0.0981. The van der Waals surface area contributed by atoms with Gasteiger partial charge in [-0.05, 0) is 54.1 Å². The molecule has 0 amide bonds. The van der Waals surface area contributed by atoms with E-state index in [1.807, 2.05) is 0 Å². The number of rotatable bonds is 6. The van der Waals surface area contributed by atoms with Crippen LogP contribution in [0.4, 0.5) is 0 Å². The Hall–Kier alpha value is -1.50. The molecule has 1 unspecified atom stereocenters. The second-order valence-electron chi connectivity index (χ2n) is 5.00. The zero-order valence-electron chi connectivity index (χ0n) is 12.0. The quantitative estimate of drug-likeness (QED) is 0.505. The van der Waals surface area contributed by atoms with Crippen LogP contribution in [0.25, 0.3) is 0 Å². The van der Waals surface area contributed by atoms with E-state index >= 15 is 0 Å². The van der Waals surface area contributed by atoms with Crippen LogP contribution >= 0.6 is 18.2 Å². The van der Waals surface area contributed by atoms with Crippen LogP contribution in [0, 0.1) is 0 Å². The Bertz CT molecular complexity index is 730. The number of phenolic OH excluding ortho intramolecular Hbond substituents is 2. The van der Waals surface area contributed by atoms with E-state index in [1.165, 1.54) is 24.3 Å². The number of aliphatic hydroxyl groups is 1. The summed E-state index contributed by atoms with van der Waals surface area (Å²) in [6, 6.07) is 10.8. The molecule has 0 radical (unpaired) electrons. The monoisotopic (exact) mass is 356 g/mol. The van der Waals surface area contributed by atoms with Gasteiger partial charge in [0.05, 0.1) is 6.10 Å². The van der Waals surface area contributed by atoms with Crippen molar-refractivity contribution in [2.24, 2.45) is 0 Å². The van der Waals surface area contributed by atoms with Gasteiger partial charge in [0.25, 0.3) is 0 Å². The van der Waals surface area contributed by atoms with E-state index in [4.69, 9.17) is 9.79 Å². The predicted molar refractivity (Wildman–Crippen MR) is 87.4 cm³/mol. The van der Waals surface area contributed by atoms with Crippen LogP contribution in [-0.4, -0.2) is 25.1 Å². The molecule has 0 aliphatic carbocycles. The molecule has 0 spiro atoms. The molecule has 0 heterocycles. The van der Waals surface area contributed by atoms with Crippen LogP contribution in [0.2, 0.25) is 0 Å². The van der Waals surface area contributed by atoms with Gasteiger partial charge in [0, 0.05) is 10.5 Å². The Kier molecular flexibility index (Phi) is 5.73. The summed E-state index contributed by atoms with van der Waals surface area (Å²) >= 11 is 0.301. The van der Waals surface area contributed by atoms with Gasteiger partial charge in [-0.3, -0.25) is 0 Å². The minimum Gasteiger partial charge on any atom is -0.508 e. The van der Waals surface area contributed by atoms with Gasteiger partial charge in [-0.25, -0.2) is 4.57 Å². The number of hydrogen-bond acceptors (Lipinski definition) is 5. The summed E-state index contributed by atoms with van der Waals surface area (Å²) < 4.78 is 11.2. The van der Waals surface area contributed by atoms with E-state index < -0.39 is 12.9 Å². The maximum absolute atomic E-state index is 11.2. The molecule has 0 fully saturated rings. The van der Waals surface area contributed by atoms with Gasteiger partial charge in [0.1, 0.15) is 11.5 Å². The number of aliphatic hydroxyl groups excluding tert-OH is 1. The van der Waals surface area contributed by atoms with E-state index in [1.54, 1.807) is 18.2 Å². The molecular formula is C15H17O6PS. The van der Waals surface area contributed by atoms with Crippen LogP contribution in [-0.2, 0) is 11.0 Å². The van der Waals surface area contributed by atoms with Crippen molar-refractivity contribution in [2.45, 2.75) is 23.8 Å². The lowest BCUT2D eigenvalue weighted by Gasteiger charge is -2.17. The summed E-state index contributed by atoms with van der Waals surface area (Å²) in [4.78, 5) is 18.3. The second kappa shape index (κ2) is 7.38. The summed E-state index contributed by atoms with van der Waals surface area (Å²) in [5.41, 5.74) is 0.907. The Balaban J connectivity index is 2.18. The fraction of sp³-hybridized carbons (Fsp3) is 0.200. The third kappa shape index (κ3) is 5.27. The fourth-order valence-corrected chi connectivity index (χ4v) is 4.22. The molecule has 5 N–H and O–H groups in total. The molecule has 0 saturated carbocycles. The lowest BCUT2D eigenvalue weighted by Crippen LogP contribution is -2.02. The van der Waals surface area contributed by atoms with E-state index in [0.29, 0.717) is 17.8 Å². The molecule has 2 aromatic carbocycles. The molecule has 0 saturated heterocycles. The maximum atomic E-state index is 11.2. The number of phenols is 2. The van der Waals surface area contributed by atoms with Crippen LogP contribution in [0.1, 0.15) is 23.7 Å². The summed E-state index contributed by atoms with van der Waals surface area (Å²) in [7, 11) is 0. The first-order valence-corrected chi connectivity index (χ1v) is 9.82. The predicted octanol–water partition coefficient (Wildman–Crippen LogP) is 2.95. The van der Waals surface area contributed by atoms with E-state index in [0.717, 1.165) is 5.56 Å². The van der Waals surface area contributed by atoms with Gasteiger partial charge in [-0.2, -0.15) is 0 Å². The van der Waals surface area contributed by atoms with E-state index in [2.05, 4.69) is 0 Å². The molecule has 2 aromatic rings. The summed E-state index contributed by atoms with van der Waals surface area (Å²) in [5, 5.41) is 29.7. The van der Waals surface area contributed by atoms with Gasteiger partial charge >= 0.3 is 6.80 Å². The average Bonchev–Trinajstić information content (AvgIpc) is 2.43. The summed E-state index contributed by atoms with van der Waals surface area (Å²) in [6.07, 6.45) is -0.424. The smallest absolute Gasteiger partial charge is 0.388 e. The molecule has 0 bridgehead atoms. The zero-order chi connectivity index (χ0) is 17.0. The standard InChI is InChI=1S/C15H17O6PS/c16-11-4-1-3-10(9-11)7-8-13(18)15-12(17)5-2-6-14(15)23-22(19,20)21/h1-6,9,13,16-18H,7-8H2,(H2,19,20,21). The van der Waals surface area contributed by atoms with Crippen LogP contribution in [0.15, 0.2) is 47.4 Å². The van der Waals surface area contributed by atoms with E-state index in [9.17, 15) is 19.9 Å². The highest BCUT2D eigenvalue weighted by Crippen LogP contribution is 2.56. The molecule has 124 valence electrons. The Morgan fingerprint density at radius 3 is 2.43 bits per heavy atom. The molecule has 23 heavy (non-hydrogen) atoms. The molecule has 0 aromatic heterocycles. The van der Waals surface area contributed by atoms with Gasteiger partial charge < -0.3 is 25.1 Å². The molecule has 0 aliphatic heterocycles.